The van der Waals surface area contributed by atoms with E-state index >= 15 is 0 Å². The Labute approximate surface area is 107 Å². The van der Waals surface area contributed by atoms with E-state index in [0.717, 1.165) is 15.9 Å². The first-order chi connectivity index (χ1) is 7.74. The smallest absolute Gasteiger partial charge is 0.130 e. The summed E-state index contributed by atoms with van der Waals surface area (Å²) in [7, 11) is 0. The molecule has 0 unspecified atom stereocenters. The third-order valence-corrected chi connectivity index (χ3v) is 2.71. The van der Waals surface area contributed by atoms with Crippen LogP contribution in [0.1, 0.15) is 5.69 Å². The van der Waals surface area contributed by atoms with Crippen LogP contribution in [0.15, 0.2) is 47.1 Å². The van der Waals surface area contributed by atoms with E-state index in [-0.39, 0.29) is 0 Å². The van der Waals surface area contributed by atoms with E-state index in [2.05, 4.69) is 20.9 Å². The fourth-order valence-corrected chi connectivity index (χ4v) is 1.54. The Morgan fingerprint density at radius 1 is 1.12 bits per heavy atom. The van der Waals surface area contributed by atoms with Crippen LogP contribution >= 0.6 is 27.5 Å². The Bertz CT molecular complexity index is 410. The van der Waals surface area contributed by atoms with Crippen molar-refractivity contribution in [3.05, 3.63) is 57.8 Å². The molecule has 0 aliphatic heterocycles. The Morgan fingerprint density at radius 2 is 1.88 bits per heavy atom. The fraction of sp³-hybridized carbons (Fsp3) is 0.0833. The minimum absolute atomic E-state index is 0.453. The van der Waals surface area contributed by atoms with Gasteiger partial charge in [-0.3, -0.25) is 4.98 Å². The molecule has 0 fully saturated rings. The zero-order valence-electron chi connectivity index (χ0n) is 8.36. The minimum Gasteiger partial charge on any atom is -0.487 e. The summed E-state index contributed by atoms with van der Waals surface area (Å²) in [5.74, 6) is 0.786. The van der Waals surface area contributed by atoms with Crippen LogP contribution in [0.25, 0.3) is 0 Å². The van der Waals surface area contributed by atoms with Crippen molar-refractivity contribution < 1.29 is 4.74 Å². The van der Waals surface area contributed by atoms with Crippen LogP contribution in [-0.4, -0.2) is 4.98 Å². The van der Waals surface area contributed by atoms with Gasteiger partial charge in [0.25, 0.3) is 0 Å². The molecule has 0 saturated carbocycles. The maximum Gasteiger partial charge on any atom is 0.130 e. The van der Waals surface area contributed by atoms with E-state index in [1.54, 1.807) is 18.3 Å². The van der Waals surface area contributed by atoms with Gasteiger partial charge in [0.15, 0.2) is 0 Å². The molecular formula is C12H9BrClNO. The average Bonchev–Trinajstić information content (AvgIpc) is 2.30. The van der Waals surface area contributed by atoms with Gasteiger partial charge in [0, 0.05) is 15.7 Å². The van der Waals surface area contributed by atoms with Gasteiger partial charge in [-0.05, 0) is 52.3 Å². The average molecular weight is 299 g/mol. The predicted molar refractivity (Wildman–Crippen MR) is 67.7 cm³/mol. The lowest BCUT2D eigenvalue weighted by Gasteiger charge is -2.05. The van der Waals surface area contributed by atoms with Crippen LogP contribution in [0.4, 0.5) is 0 Å². The van der Waals surface area contributed by atoms with Crippen molar-refractivity contribution in [1.29, 1.82) is 0 Å². The highest BCUT2D eigenvalue weighted by atomic mass is 79.9. The Hall–Kier alpha value is -1.06. The lowest BCUT2D eigenvalue weighted by Crippen LogP contribution is -1.97. The van der Waals surface area contributed by atoms with Crippen LogP contribution in [0.2, 0.25) is 5.02 Å². The number of hydrogen-bond donors (Lipinski definition) is 0. The lowest BCUT2D eigenvalue weighted by molar-refractivity contribution is 0.301. The second kappa shape index (κ2) is 5.32. The van der Waals surface area contributed by atoms with E-state index in [4.69, 9.17) is 16.3 Å². The second-order valence-electron chi connectivity index (χ2n) is 3.21. The van der Waals surface area contributed by atoms with Crippen molar-refractivity contribution in [2.45, 2.75) is 6.61 Å². The van der Waals surface area contributed by atoms with Gasteiger partial charge in [0.2, 0.25) is 0 Å². The van der Waals surface area contributed by atoms with Crippen molar-refractivity contribution in [2.75, 3.05) is 0 Å². The quantitative estimate of drug-likeness (QED) is 0.852. The number of rotatable bonds is 3. The predicted octanol–water partition coefficient (Wildman–Crippen LogP) is 4.08. The van der Waals surface area contributed by atoms with Gasteiger partial charge in [-0.15, -0.1) is 0 Å². The first-order valence-corrected chi connectivity index (χ1v) is 5.90. The summed E-state index contributed by atoms with van der Waals surface area (Å²) in [6, 6.07) is 11.1. The van der Waals surface area contributed by atoms with Gasteiger partial charge in [0.1, 0.15) is 12.4 Å². The molecule has 0 spiro atoms. The van der Waals surface area contributed by atoms with Crippen LogP contribution < -0.4 is 4.74 Å². The van der Waals surface area contributed by atoms with Gasteiger partial charge in [-0.1, -0.05) is 11.6 Å². The monoisotopic (exact) mass is 297 g/mol. The summed E-state index contributed by atoms with van der Waals surface area (Å²) in [5.41, 5.74) is 0.887. The molecule has 1 aromatic heterocycles. The van der Waals surface area contributed by atoms with E-state index in [1.165, 1.54) is 0 Å². The molecule has 0 N–H and O–H groups in total. The molecule has 1 aromatic carbocycles. The molecule has 1 heterocycles. The van der Waals surface area contributed by atoms with Crippen molar-refractivity contribution in [3.63, 3.8) is 0 Å². The highest BCUT2D eigenvalue weighted by molar-refractivity contribution is 9.10. The summed E-state index contributed by atoms with van der Waals surface area (Å²) < 4.78 is 6.51. The zero-order chi connectivity index (χ0) is 11.4. The minimum atomic E-state index is 0.453. The van der Waals surface area contributed by atoms with Crippen molar-refractivity contribution in [1.82, 2.24) is 4.98 Å². The van der Waals surface area contributed by atoms with E-state index < -0.39 is 0 Å². The second-order valence-corrected chi connectivity index (χ2v) is 4.56. The fourth-order valence-electron chi connectivity index (χ4n) is 1.18. The Morgan fingerprint density at radius 3 is 2.50 bits per heavy atom. The van der Waals surface area contributed by atoms with Crippen molar-refractivity contribution >= 4 is 27.5 Å². The molecule has 2 rings (SSSR count). The largest absolute Gasteiger partial charge is 0.487 e. The summed E-state index contributed by atoms with van der Waals surface area (Å²) in [6.07, 6.45) is 1.75. The molecule has 0 radical (unpaired) electrons. The zero-order valence-corrected chi connectivity index (χ0v) is 10.7. The first-order valence-electron chi connectivity index (χ1n) is 4.73. The van der Waals surface area contributed by atoms with Gasteiger partial charge >= 0.3 is 0 Å². The van der Waals surface area contributed by atoms with Gasteiger partial charge in [-0.2, -0.15) is 0 Å². The van der Waals surface area contributed by atoms with E-state index in [0.29, 0.717) is 11.6 Å². The molecular weight excluding hydrogens is 289 g/mol. The van der Waals surface area contributed by atoms with Crippen molar-refractivity contribution in [2.24, 2.45) is 0 Å². The number of pyridine rings is 1. The molecule has 82 valence electrons. The number of hydrogen-bond acceptors (Lipinski definition) is 2. The number of halogens is 2. The van der Waals surface area contributed by atoms with Crippen LogP contribution in [0, 0.1) is 0 Å². The summed E-state index contributed by atoms with van der Waals surface area (Å²) in [5, 5.41) is 0.703. The Balaban J connectivity index is 1.97. The normalized spacial score (nSPS) is 10.1. The first kappa shape index (κ1) is 11.4. The molecule has 0 amide bonds. The maximum atomic E-state index is 5.77. The summed E-state index contributed by atoms with van der Waals surface area (Å²) >= 11 is 9.10. The summed E-state index contributed by atoms with van der Waals surface area (Å²) in [6.45, 7) is 0.453. The van der Waals surface area contributed by atoms with Crippen molar-refractivity contribution in [3.8, 4) is 5.75 Å². The molecule has 0 aliphatic carbocycles. The molecule has 2 nitrogen and oxygen atoms in total. The van der Waals surface area contributed by atoms with E-state index in [9.17, 15) is 0 Å². The van der Waals surface area contributed by atoms with Gasteiger partial charge in [-0.25, -0.2) is 0 Å². The molecule has 2 aromatic rings. The number of ether oxygens (including phenoxy) is 1. The Kier molecular flexibility index (Phi) is 3.80. The molecule has 0 saturated heterocycles. The molecule has 0 bridgehead atoms. The molecule has 4 heteroatoms. The molecule has 0 atom stereocenters. The number of aromatic nitrogens is 1. The number of nitrogens with zero attached hydrogens (tertiary/aromatic N) is 1. The maximum absolute atomic E-state index is 5.77. The topological polar surface area (TPSA) is 22.1 Å². The van der Waals surface area contributed by atoms with Crippen LogP contribution in [0.5, 0.6) is 5.75 Å². The third-order valence-electron chi connectivity index (χ3n) is 1.99. The summed E-state index contributed by atoms with van der Waals surface area (Å²) in [4.78, 5) is 4.21. The highest BCUT2D eigenvalue weighted by Gasteiger charge is 1.97. The number of benzene rings is 1. The van der Waals surface area contributed by atoms with Crippen LogP contribution in [-0.2, 0) is 6.61 Å². The van der Waals surface area contributed by atoms with Gasteiger partial charge in [0.05, 0.1) is 5.69 Å². The third kappa shape index (κ3) is 3.22. The van der Waals surface area contributed by atoms with Crippen LogP contribution in [0.3, 0.4) is 0 Å². The molecule has 16 heavy (non-hydrogen) atoms. The van der Waals surface area contributed by atoms with E-state index in [1.807, 2.05) is 24.3 Å². The molecule has 0 aliphatic rings. The highest BCUT2D eigenvalue weighted by Crippen LogP contribution is 2.16. The SMILES string of the molecule is Clc1ccc(OCc2ccc(Br)cn2)cc1. The van der Waals surface area contributed by atoms with Gasteiger partial charge < -0.3 is 4.74 Å². The standard InChI is InChI=1S/C12H9BrClNO/c13-9-1-4-11(15-7-9)8-16-12-5-2-10(14)3-6-12/h1-7H,8H2. The lowest BCUT2D eigenvalue weighted by atomic mass is 10.3.